The van der Waals surface area contributed by atoms with Crippen molar-refractivity contribution in [2.75, 3.05) is 6.54 Å². The molecule has 1 aliphatic heterocycles. The van der Waals surface area contributed by atoms with E-state index in [2.05, 4.69) is 0 Å². The van der Waals surface area contributed by atoms with Gasteiger partial charge in [-0.3, -0.25) is 0 Å². The molecule has 0 bridgehead atoms. The molecule has 0 aromatic heterocycles. The molecule has 120 valence electrons. The normalized spacial score (nSPS) is 19.7. The average molecular weight is 295 g/mol. The fraction of sp³-hybridized carbons (Fsp3) is 0.750. The quantitative estimate of drug-likeness (QED) is 0.780. The molecule has 0 aromatic carbocycles. The summed E-state index contributed by atoms with van der Waals surface area (Å²) in [4.78, 5) is 14.1. The highest BCUT2D eigenvalue weighted by Crippen LogP contribution is 2.27. The molecule has 0 aromatic rings. The summed E-state index contributed by atoms with van der Waals surface area (Å²) in [6.07, 6.45) is 2.62. The van der Waals surface area contributed by atoms with E-state index in [9.17, 15) is 4.79 Å². The predicted octanol–water partition coefficient (Wildman–Crippen LogP) is 3.44. The molecular weight excluding hydrogens is 266 g/mol. The van der Waals surface area contributed by atoms with Crippen LogP contribution in [0.15, 0.2) is 11.3 Å². The van der Waals surface area contributed by atoms with Crippen molar-refractivity contribution in [1.82, 2.24) is 4.90 Å². The smallest absolute Gasteiger partial charge is 0.410 e. The zero-order valence-corrected chi connectivity index (χ0v) is 14.0. The van der Waals surface area contributed by atoms with Crippen molar-refractivity contribution < 1.29 is 9.53 Å². The molecular formula is C16H29N3O2. The van der Waals surface area contributed by atoms with E-state index in [0.717, 1.165) is 24.1 Å². The van der Waals surface area contributed by atoms with Gasteiger partial charge in [-0.05, 0) is 33.6 Å². The SMILES string of the molecule is CCCC(=N)C1=C(N)CCN(C(=O)OC(C)(C)C)C1CC. The summed E-state index contributed by atoms with van der Waals surface area (Å²) in [7, 11) is 0. The average Bonchev–Trinajstić information content (AvgIpc) is 2.35. The van der Waals surface area contributed by atoms with Crippen molar-refractivity contribution in [3.8, 4) is 0 Å². The van der Waals surface area contributed by atoms with E-state index >= 15 is 0 Å². The van der Waals surface area contributed by atoms with Crippen molar-refractivity contribution in [3.63, 3.8) is 0 Å². The highest BCUT2D eigenvalue weighted by atomic mass is 16.6. The second-order valence-corrected chi connectivity index (χ2v) is 6.52. The lowest BCUT2D eigenvalue weighted by Gasteiger charge is -2.38. The Morgan fingerprint density at radius 1 is 1.43 bits per heavy atom. The van der Waals surface area contributed by atoms with Crippen LogP contribution < -0.4 is 5.73 Å². The van der Waals surface area contributed by atoms with Gasteiger partial charge in [-0.15, -0.1) is 0 Å². The molecule has 1 rings (SSSR count). The Kier molecular flexibility index (Phi) is 5.81. The minimum absolute atomic E-state index is 0.146. The van der Waals surface area contributed by atoms with Crippen LogP contribution in [0.1, 0.15) is 60.3 Å². The van der Waals surface area contributed by atoms with Gasteiger partial charge in [-0.1, -0.05) is 20.3 Å². The summed E-state index contributed by atoms with van der Waals surface area (Å²) in [6, 6.07) is -0.146. The third-order valence-electron chi connectivity index (χ3n) is 3.52. The number of hydrogen-bond donors (Lipinski definition) is 2. The van der Waals surface area contributed by atoms with Gasteiger partial charge in [0.15, 0.2) is 0 Å². The van der Waals surface area contributed by atoms with Crippen LogP contribution in [0.3, 0.4) is 0 Å². The van der Waals surface area contributed by atoms with Crippen LogP contribution in [-0.2, 0) is 4.74 Å². The summed E-state index contributed by atoms with van der Waals surface area (Å²) >= 11 is 0. The molecule has 0 aliphatic carbocycles. The molecule has 1 unspecified atom stereocenters. The van der Waals surface area contributed by atoms with Gasteiger partial charge in [-0.2, -0.15) is 0 Å². The third kappa shape index (κ3) is 4.48. The number of rotatable bonds is 4. The van der Waals surface area contributed by atoms with Gasteiger partial charge in [-0.25, -0.2) is 4.79 Å². The predicted molar refractivity (Wildman–Crippen MR) is 85.5 cm³/mol. The lowest BCUT2D eigenvalue weighted by Crippen LogP contribution is -2.49. The number of ether oxygens (including phenoxy) is 1. The topological polar surface area (TPSA) is 79.4 Å². The number of carbonyl (C=O) groups is 1. The first kappa shape index (κ1) is 17.5. The van der Waals surface area contributed by atoms with Gasteiger partial charge >= 0.3 is 6.09 Å². The maximum absolute atomic E-state index is 12.4. The van der Waals surface area contributed by atoms with Gasteiger partial charge in [0.25, 0.3) is 0 Å². The van der Waals surface area contributed by atoms with E-state index in [1.165, 1.54) is 0 Å². The number of nitrogens with zero attached hydrogens (tertiary/aromatic N) is 1. The fourth-order valence-electron chi connectivity index (χ4n) is 2.64. The summed E-state index contributed by atoms with van der Waals surface area (Å²) in [5.74, 6) is 0. The first-order chi connectivity index (χ1) is 9.71. The fourth-order valence-corrected chi connectivity index (χ4v) is 2.64. The molecule has 0 saturated carbocycles. The van der Waals surface area contributed by atoms with Crippen LogP contribution >= 0.6 is 0 Å². The maximum atomic E-state index is 12.4. The molecule has 0 saturated heterocycles. The van der Waals surface area contributed by atoms with E-state index in [1.54, 1.807) is 4.90 Å². The van der Waals surface area contributed by atoms with E-state index < -0.39 is 5.60 Å². The highest BCUT2D eigenvalue weighted by molar-refractivity contribution is 6.00. The van der Waals surface area contributed by atoms with Crippen LogP contribution in [0.2, 0.25) is 0 Å². The minimum Gasteiger partial charge on any atom is -0.444 e. The number of hydrogen-bond acceptors (Lipinski definition) is 4. The Morgan fingerprint density at radius 2 is 2.05 bits per heavy atom. The second-order valence-electron chi connectivity index (χ2n) is 6.52. The van der Waals surface area contributed by atoms with Crippen molar-refractivity contribution in [2.24, 2.45) is 5.73 Å². The highest BCUT2D eigenvalue weighted by Gasteiger charge is 2.34. The molecule has 1 aliphatic rings. The number of nitrogens with two attached hydrogens (primary N) is 1. The lowest BCUT2D eigenvalue weighted by molar-refractivity contribution is 0.0179. The summed E-state index contributed by atoms with van der Waals surface area (Å²) < 4.78 is 5.49. The molecule has 0 radical (unpaired) electrons. The Balaban J connectivity index is 3.00. The number of nitrogens with one attached hydrogen (secondary N) is 1. The minimum atomic E-state index is -0.515. The molecule has 1 atom stereocenters. The Bertz CT molecular complexity index is 435. The Morgan fingerprint density at radius 3 is 2.52 bits per heavy atom. The second kappa shape index (κ2) is 6.96. The Hall–Kier alpha value is -1.52. The molecule has 5 heteroatoms. The summed E-state index contributed by atoms with van der Waals surface area (Å²) in [6.45, 7) is 10.2. The largest absolute Gasteiger partial charge is 0.444 e. The first-order valence-corrected chi connectivity index (χ1v) is 7.77. The van der Waals surface area contributed by atoms with Gasteiger partial charge in [0.05, 0.1) is 6.04 Å². The Labute approximate surface area is 128 Å². The van der Waals surface area contributed by atoms with Crippen LogP contribution in [0.25, 0.3) is 0 Å². The van der Waals surface area contributed by atoms with Gasteiger partial charge in [0, 0.05) is 29.9 Å². The van der Waals surface area contributed by atoms with Crippen LogP contribution in [0.4, 0.5) is 4.79 Å². The van der Waals surface area contributed by atoms with Crippen LogP contribution in [0, 0.1) is 5.41 Å². The molecule has 1 amide bonds. The van der Waals surface area contributed by atoms with E-state index in [4.69, 9.17) is 15.9 Å². The zero-order chi connectivity index (χ0) is 16.2. The van der Waals surface area contributed by atoms with E-state index in [1.807, 2.05) is 34.6 Å². The van der Waals surface area contributed by atoms with Crippen molar-refractivity contribution in [2.45, 2.75) is 71.9 Å². The zero-order valence-electron chi connectivity index (χ0n) is 14.0. The molecule has 5 nitrogen and oxygen atoms in total. The number of carbonyl (C=O) groups excluding carboxylic acids is 1. The van der Waals surface area contributed by atoms with Crippen LogP contribution in [-0.4, -0.2) is 34.9 Å². The van der Waals surface area contributed by atoms with Crippen LogP contribution in [0.5, 0.6) is 0 Å². The lowest BCUT2D eigenvalue weighted by atomic mass is 9.90. The third-order valence-corrected chi connectivity index (χ3v) is 3.52. The van der Waals surface area contributed by atoms with Gasteiger partial charge in [0.2, 0.25) is 0 Å². The van der Waals surface area contributed by atoms with Gasteiger partial charge < -0.3 is 20.8 Å². The van der Waals surface area contributed by atoms with Gasteiger partial charge in [0.1, 0.15) is 5.60 Å². The first-order valence-electron chi connectivity index (χ1n) is 7.77. The molecule has 1 heterocycles. The summed E-state index contributed by atoms with van der Waals surface area (Å²) in [5, 5.41) is 8.24. The standard InChI is InChI=1S/C16H29N3O2/c1-6-8-11(17)14-12(18)9-10-19(13(14)7-2)15(20)21-16(3,4)5/h13,17H,6-10,18H2,1-5H3. The maximum Gasteiger partial charge on any atom is 0.410 e. The van der Waals surface area contributed by atoms with Crippen molar-refractivity contribution in [3.05, 3.63) is 11.3 Å². The van der Waals surface area contributed by atoms with E-state index in [0.29, 0.717) is 25.1 Å². The van der Waals surface area contributed by atoms with Crippen molar-refractivity contribution in [1.29, 1.82) is 5.41 Å². The molecule has 0 fully saturated rings. The van der Waals surface area contributed by atoms with E-state index in [-0.39, 0.29) is 12.1 Å². The van der Waals surface area contributed by atoms with Crippen molar-refractivity contribution >= 4 is 11.8 Å². The monoisotopic (exact) mass is 295 g/mol. The number of amides is 1. The molecule has 0 spiro atoms. The molecule has 3 N–H and O–H groups in total. The molecule has 21 heavy (non-hydrogen) atoms. The summed E-state index contributed by atoms with van der Waals surface area (Å²) in [5.41, 5.74) is 7.74.